The maximum atomic E-state index is 13.0. The number of para-hydroxylation sites is 1. The summed E-state index contributed by atoms with van der Waals surface area (Å²) in [5.41, 5.74) is 2.96. The Morgan fingerprint density at radius 3 is 2.50 bits per heavy atom. The summed E-state index contributed by atoms with van der Waals surface area (Å²) < 4.78 is 28.9. The van der Waals surface area contributed by atoms with Crippen LogP contribution >= 0.6 is 11.8 Å². The van der Waals surface area contributed by atoms with Crippen LogP contribution in [0.3, 0.4) is 0 Å². The summed E-state index contributed by atoms with van der Waals surface area (Å²) >= 11 is 1.35. The first-order valence-electron chi connectivity index (χ1n) is 11.4. The Labute approximate surface area is 204 Å². The van der Waals surface area contributed by atoms with E-state index >= 15 is 0 Å². The van der Waals surface area contributed by atoms with E-state index in [1.54, 1.807) is 24.3 Å². The Kier molecular flexibility index (Phi) is 6.22. The lowest BCUT2D eigenvalue weighted by molar-refractivity contribution is -0.116. The van der Waals surface area contributed by atoms with Crippen LogP contribution in [0.4, 0.5) is 5.69 Å². The number of fused-ring (bicyclic) bond motifs is 1. The van der Waals surface area contributed by atoms with Crippen LogP contribution in [0.2, 0.25) is 0 Å². The fourth-order valence-electron chi connectivity index (χ4n) is 4.69. The average molecular weight is 498 g/mol. The molecule has 1 fully saturated rings. The normalized spacial score (nSPS) is 18.4. The maximum Gasteiger partial charge on any atom is 0.243 e. The number of benzene rings is 2. The highest BCUT2D eigenvalue weighted by molar-refractivity contribution is 7.99. The molecule has 178 valence electrons. The number of sulfonamides is 1. The lowest BCUT2D eigenvalue weighted by atomic mass is 10.1. The lowest BCUT2D eigenvalue weighted by Crippen LogP contribution is -2.37. The summed E-state index contributed by atoms with van der Waals surface area (Å²) in [4.78, 5) is 15.2. The van der Waals surface area contributed by atoms with Gasteiger partial charge in [-0.2, -0.15) is 4.31 Å². The van der Waals surface area contributed by atoms with E-state index in [9.17, 15) is 13.2 Å². The molecule has 5 rings (SSSR count). The van der Waals surface area contributed by atoms with Crippen molar-refractivity contribution in [3.63, 3.8) is 0 Å². The predicted molar refractivity (Wildman–Crippen MR) is 132 cm³/mol. The Morgan fingerprint density at radius 2 is 1.76 bits per heavy atom. The molecule has 2 aliphatic heterocycles. The van der Waals surface area contributed by atoms with E-state index in [4.69, 9.17) is 0 Å². The van der Waals surface area contributed by atoms with Gasteiger partial charge >= 0.3 is 0 Å². The molecule has 0 bridgehead atoms. The highest BCUT2D eigenvalue weighted by Gasteiger charge is 2.31. The SMILES string of the molecule is C[C@@H]1Cc2ccccc2N1C(=O)CSc1nnc(-c2ccc(S(=O)(=O)N3CCCC3)cc2)n1C. The smallest absolute Gasteiger partial charge is 0.243 e. The second-order valence-corrected chi connectivity index (χ2v) is 11.6. The second-order valence-electron chi connectivity index (χ2n) is 8.74. The summed E-state index contributed by atoms with van der Waals surface area (Å²) in [6.45, 7) is 3.22. The van der Waals surface area contributed by atoms with Gasteiger partial charge in [0.1, 0.15) is 0 Å². The minimum atomic E-state index is -3.45. The fourth-order valence-corrected chi connectivity index (χ4v) is 6.97. The first-order chi connectivity index (χ1) is 16.4. The third kappa shape index (κ3) is 4.14. The first kappa shape index (κ1) is 23.1. The summed E-state index contributed by atoms with van der Waals surface area (Å²) in [6, 6.07) is 14.9. The Bertz CT molecular complexity index is 1310. The van der Waals surface area contributed by atoms with Crippen LogP contribution in [0.5, 0.6) is 0 Å². The highest BCUT2D eigenvalue weighted by atomic mass is 32.2. The monoisotopic (exact) mass is 497 g/mol. The molecule has 0 spiro atoms. The van der Waals surface area contributed by atoms with Crippen LogP contribution in [0.25, 0.3) is 11.4 Å². The van der Waals surface area contributed by atoms with Crippen LogP contribution in [0.15, 0.2) is 58.6 Å². The van der Waals surface area contributed by atoms with E-state index < -0.39 is 10.0 Å². The molecule has 3 aromatic rings. The van der Waals surface area contributed by atoms with Gasteiger partial charge in [-0.1, -0.05) is 30.0 Å². The summed E-state index contributed by atoms with van der Waals surface area (Å²) in [6.07, 6.45) is 2.68. The molecule has 0 aliphatic carbocycles. The molecule has 8 nitrogen and oxygen atoms in total. The van der Waals surface area contributed by atoms with Crippen LogP contribution in [-0.4, -0.2) is 58.3 Å². The van der Waals surface area contributed by atoms with E-state index in [0.29, 0.717) is 29.0 Å². The first-order valence-corrected chi connectivity index (χ1v) is 13.8. The van der Waals surface area contributed by atoms with Crippen LogP contribution in [0, 0.1) is 0 Å². The van der Waals surface area contributed by atoms with Gasteiger partial charge in [-0.05, 0) is 62.1 Å². The van der Waals surface area contributed by atoms with E-state index in [1.165, 1.54) is 21.6 Å². The molecule has 34 heavy (non-hydrogen) atoms. The van der Waals surface area contributed by atoms with Crippen molar-refractivity contribution >= 4 is 33.4 Å². The van der Waals surface area contributed by atoms with E-state index in [-0.39, 0.29) is 17.7 Å². The van der Waals surface area contributed by atoms with Gasteiger partial charge in [-0.3, -0.25) is 4.79 Å². The molecule has 2 aromatic carbocycles. The van der Waals surface area contributed by atoms with Crippen LogP contribution < -0.4 is 4.90 Å². The molecule has 10 heteroatoms. The molecular weight excluding hydrogens is 470 g/mol. The standard InChI is InChI=1S/C24H27N5O3S2/c1-17-15-19-7-3-4-8-21(19)29(17)22(30)16-33-24-26-25-23(27(24)2)18-9-11-20(12-10-18)34(31,32)28-13-5-6-14-28/h3-4,7-12,17H,5-6,13-16H2,1-2H3/t17-/m1/s1. The highest BCUT2D eigenvalue weighted by Crippen LogP contribution is 2.33. The van der Waals surface area contributed by atoms with Crippen molar-refractivity contribution < 1.29 is 13.2 Å². The van der Waals surface area contributed by atoms with Crippen LogP contribution in [-0.2, 0) is 28.3 Å². The van der Waals surface area contributed by atoms with Crippen LogP contribution in [0.1, 0.15) is 25.3 Å². The van der Waals surface area contributed by atoms with Crippen molar-refractivity contribution in [2.45, 2.75) is 42.3 Å². The second kappa shape index (κ2) is 9.16. The summed E-state index contributed by atoms with van der Waals surface area (Å²) in [7, 11) is -1.60. The number of thioether (sulfide) groups is 1. The van der Waals surface area contributed by atoms with Gasteiger partial charge in [0.05, 0.1) is 10.6 Å². The van der Waals surface area contributed by atoms with Crippen molar-refractivity contribution in [3.8, 4) is 11.4 Å². The molecule has 1 atom stereocenters. The van der Waals surface area contributed by atoms with E-state index in [0.717, 1.165) is 30.5 Å². The quantitative estimate of drug-likeness (QED) is 0.486. The number of hydrogen-bond acceptors (Lipinski definition) is 6. The molecule has 0 N–H and O–H groups in total. The number of amides is 1. The zero-order chi connectivity index (χ0) is 23.9. The lowest BCUT2D eigenvalue weighted by Gasteiger charge is -2.22. The molecule has 1 saturated heterocycles. The van der Waals surface area contributed by atoms with Gasteiger partial charge < -0.3 is 9.47 Å². The van der Waals surface area contributed by atoms with Gasteiger partial charge in [0.15, 0.2) is 11.0 Å². The number of hydrogen-bond donors (Lipinski definition) is 0. The number of nitrogens with zero attached hydrogens (tertiary/aromatic N) is 5. The van der Waals surface area contributed by atoms with Crippen molar-refractivity contribution in [2.24, 2.45) is 7.05 Å². The van der Waals surface area contributed by atoms with E-state index in [2.05, 4.69) is 23.2 Å². The number of carbonyl (C=O) groups excluding carboxylic acids is 1. The zero-order valence-electron chi connectivity index (χ0n) is 19.2. The van der Waals surface area contributed by atoms with Crippen molar-refractivity contribution in [2.75, 3.05) is 23.7 Å². The number of aromatic nitrogens is 3. The molecule has 0 saturated carbocycles. The van der Waals surface area contributed by atoms with Crippen molar-refractivity contribution in [1.82, 2.24) is 19.1 Å². The minimum absolute atomic E-state index is 0.0449. The average Bonchev–Trinajstić information content (AvgIpc) is 3.56. The van der Waals surface area contributed by atoms with Crippen molar-refractivity contribution in [3.05, 3.63) is 54.1 Å². The largest absolute Gasteiger partial charge is 0.308 e. The number of rotatable bonds is 6. The third-order valence-electron chi connectivity index (χ3n) is 6.45. The fraction of sp³-hybridized carbons (Fsp3) is 0.375. The zero-order valence-corrected chi connectivity index (χ0v) is 20.8. The Morgan fingerprint density at radius 1 is 1.06 bits per heavy atom. The van der Waals surface area contributed by atoms with Gasteiger partial charge in [0.25, 0.3) is 0 Å². The molecular formula is C24H27N5O3S2. The molecule has 2 aliphatic rings. The van der Waals surface area contributed by atoms with Gasteiger partial charge in [0.2, 0.25) is 15.9 Å². The molecule has 1 aromatic heterocycles. The third-order valence-corrected chi connectivity index (χ3v) is 9.37. The predicted octanol–water partition coefficient (Wildman–Crippen LogP) is 3.34. The molecule has 0 unspecified atom stereocenters. The summed E-state index contributed by atoms with van der Waals surface area (Å²) in [5.74, 6) is 0.931. The number of carbonyl (C=O) groups is 1. The molecule has 1 amide bonds. The molecule has 0 radical (unpaired) electrons. The van der Waals surface area contributed by atoms with Gasteiger partial charge in [0, 0.05) is 37.4 Å². The molecule has 3 heterocycles. The van der Waals surface area contributed by atoms with E-state index in [1.807, 2.05) is 34.7 Å². The Balaban J connectivity index is 1.28. The topological polar surface area (TPSA) is 88.4 Å². The maximum absolute atomic E-state index is 13.0. The van der Waals surface area contributed by atoms with Crippen molar-refractivity contribution in [1.29, 1.82) is 0 Å². The minimum Gasteiger partial charge on any atom is -0.308 e. The van der Waals surface area contributed by atoms with Gasteiger partial charge in [-0.25, -0.2) is 8.42 Å². The van der Waals surface area contributed by atoms with Gasteiger partial charge in [-0.15, -0.1) is 10.2 Å². The summed E-state index contributed by atoms with van der Waals surface area (Å²) in [5, 5.41) is 9.19. The number of anilines is 1. The Hall–Kier alpha value is -2.69.